The molecule has 3 heteroatoms. The van der Waals surface area contributed by atoms with E-state index in [2.05, 4.69) is 4.74 Å². The third-order valence-corrected chi connectivity index (χ3v) is 1.24. The van der Waals surface area contributed by atoms with Crippen molar-refractivity contribution in [3.05, 3.63) is 30.3 Å². The minimum absolute atomic E-state index is 0.387. The maximum absolute atomic E-state index is 10.7. The number of ketones is 1. The Labute approximate surface area is 70.0 Å². The summed E-state index contributed by atoms with van der Waals surface area (Å²) in [5.41, 5.74) is 0. The number of carbonyl (C=O) groups excluding carboxylic acids is 2. The van der Waals surface area contributed by atoms with Crippen molar-refractivity contribution in [2.45, 2.75) is 6.92 Å². The van der Waals surface area contributed by atoms with Crippen molar-refractivity contribution in [1.82, 2.24) is 0 Å². The Hall–Kier alpha value is -1.64. The van der Waals surface area contributed by atoms with E-state index in [-0.39, 0.29) is 0 Å². The molecule has 0 saturated carbocycles. The SMILES string of the molecule is CC(=O)C(=O)Oc1ccccc1. The van der Waals surface area contributed by atoms with E-state index in [9.17, 15) is 9.59 Å². The smallest absolute Gasteiger partial charge is 0.379 e. The predicted octanol–water partition coefficient (Wildman–Crippen LogP) is 1.18. The van der Waals surface area contributed by atoms with Gasteiger partial charge in [0.05, 0.1) is 0 Å². The summed E-state index contributed by atoms with van der Waals surface area (Å²) in [6.45, 7) is 1.17. The van der Waals surface area contributed by atoms with Crippen LogP contribution in [0.3, 0.4) is 0 Å². The zero-order valence-corrected chi connectivity index (χ0v) is 6.61. The third-order valence-electron chi connectivity index (χ3n) is 1.24. The number of carbonyl (C=O) groups is 2. The van der Waals surface area contributed by atoms with Gasteiger partial charge >= 0.3 is 5.97 Å². The first-order chi connectivity index (χ1) is 5.70. The van der Waals surface area contributed by atoms with Gasteiger partial charge in [0.1, 0.15) is 5.75 Å². The molecular weight excluding hydrogens is 156 g/mol. The summed E-state index contributed by atoms with van der Waals surface area (Å²) in [5, 5.41) is 0. The Balaban J connectivity index is 2.65. The van der Waals surface area contributed by atoms with Gasteiger partial charge in [-0.1, -0.05) is 18.2 Å². The third kappa shape index (κ3) is 2.20. The van der Waals surface area contributed by atoms with Gasteiger partial charge in [-0.2, -0.15) is 0 Å². The van der Waals surface area contributed by atoms with Crippen molar-refractivity contribution in [3.63, 3.8) is 0 Å². The van der Waals surface area contributed by atoms with Crippen LogP contribution in [0.1, 0.15) is 6.92 Å². The topological polar surface area (TPSA) is 43.4 Å². The number of Topliss-reactive ketones (excluding diaryl/α,β-unsaturated/α-hetero) is 1. The first kappa shape index (κ1) is 8.46. The van der Waals surface area contributed by atoms with E-state index >= 15 is 0 Å². The van der Waals surface area contributed by atoms with E-state index in [1.807, 2.05) is 0 Å². The van der Waals surface area contributed by atoms with Crippen LogP contribution >= 0.6 is 0 Å². The Morgan fingerprint density at radius 3 is 2.25 bits per heavy atom. The van der Waals surface area contributed by atoms with Gasteiger partial charge < -0.3 is 4.74 Å². The standard InChI is InChI=1S/C9H8O3/c1-7(10)9(11)12-8-5-3-2-4-6-8/h2-6H,1H3. The van der Waals surface area contributed by atoms with Crippen LogP contribution in [-0.2, 0) is 9.59 Å². The van der Waals surface area contributed by atoms with Crippen LogP contribution in [0, 0.1) is 0 Å². The van der Waals surface area contributed by atoms with E-state index in [1.165, 1.54) is 6.92 Å². The van der Waals surface area contributed by atoms with Crippen LogP contribution in [0.2, 0.25) is 0 Å². The van der Waals surface area contributed by atoms with Crippen molar-refractivity contribution in [1.29, 1.82) is 0 Å². The lowest BCUT2D eigenvalue weighted by Crippen LogP contribution is -2.16. The van der Waals surface area contributed by atoms with Crippen LogP contribution in [0.15, 0.2) is 30.3 Å². The molecule has 0 aliphatic carbocycles. The molecule has 0 unspecified atom stereocenters. The monoisotopic (exact) mass is 164 g/mol. The van der Waals surface area contributed by atoms with Gasteiger partial charge in [-0.3, -0.25) is 4.79 Å². The van der Waals surface area contributed by atoms with Crippen molar-refractivity contribution in [2.24, 2.45) is 0 Å². The van der Waals surface area contributed by atoms with Gasteiger partial charge in [0.15, 0.2) is 0 Å². The molecule has 3 nitrogen and oxygen atoms in total. The lowest BCUT2D eigenvalue weighted by Gasteiger charge is -1.99. The summed E-state index contributed by atoms with van der Waals surface area (Å²) in [7, 11) is 0. The van der Waals surface area contributed by atoms with Crippen LogP contribution in [0.4, 0.5) is 0 Å². The summed E-state index contributed by atoms with van der Waals surface area (Å²) >= 11 is 0. The minimum Gasteiger partial charge on any atom is -0.421 e. The molecule has 0 aliphatic heterocycles. The van der Waals surface area contributed by atoms with E-state index in [1.54, 1.807) is 30.3 Å². The van der Waals surface area contributed by atoms with E-state index < -0.39 is 11.8 Å². The fourth-order valence-electron chi connectivity index (χ4n) is 0.667. The van der Waals surface area contributed by atoms with Gasteiger partial charge in [-0.05, 0) is 12.1 Å². The number of ether oxygens (including phenoxy) is 1. The number of rotatable bonds is 2. The molecule has 1 aromatic rings. The lowest BCUT2D eigenvalue weighted by molar-refractivity contribution is -0.146. The molecule has 1 aromatic carbocycles. The molecule has 0 aromatic heterocycles. The Morgan fingerprint density at radius 1 is 1.17 bits per heavy atom. The molecular formula is C9H8O3. The molecule has 0 saturated heterocycles. The fraction of sp³-hybridized carbons (Fsp3) is 0.111. The molecule has 1 rings (SSSR count). The van der Waals surface area contributed by atoms with Gasteiger partial charge in [-0.15, -0.1) is 0 Å². The summed E-state index contributed by atoms with van der Waals surface area (Å²) in [6.07, 6.45) is 0. The van der Waals surface area contributed by atoms with Crippen LogP contribution < -0.4 is 4.74 Å². The molecule has 0 heterocycles. The van der Waals surface area contributed by atoms with E-state index in [0.717, 1.165) is 0 Å². The summed E-state index contributed by atoms with van der Waals surface area (Å²) in [4.78, 5) is 21.2. The lowest BCUT2D eigenvalue weighted by atomic mass is 10.3. The predicted molar refractivity (Wildman–Crippen MR) is 42.8 cm³/mol. The van der Waals surface area contributed by atoms with E-state index in [4.69, 9.17) is 0 Å². The fourth-order valence-corrected chi connectivity index (χ4v) is 0.667. The molecule has 12 heavy (non-hydrogen) atoms. The van der Waals surface area contributed by atoms with Crippen molar-refractivity contribution in [3.8, 4) is 5.75 Å². The zero-order chi connectivity index (χ0) is 8.97. The van der Waals surface area contributed by atoms with E-state index in [0.29, 0.717) is 5.75 Å². The first-order valence-electron chi connectivity index (χ1n) is 3.48. The molecule has 62 valence electrons. The second-order valence-corrected chi connectivity index (χ2v) is 2.26. The van der Waals surface area contributed by atoms with Gasteiger partial charge in [0.2, 0.25) is 5.78 Å². The zero-order valence-electron chi connectivity index (χ0n) is 6.61. The van der Waals surface area contributed by atoms with Gasteiger partial charge in [-0.25, -0.2) is 4.79 Å². The minimum atomic E-state index is -0.832. The average Bonchev–Trinajstić information content (AvgIpc) is 2.06. The molecule has 0 aliphatic rings. The quantitative estimate of drug-likeness (QED) is 0.374. The molecule has 0 N–H and O–H groups in total. The molecule has 0 fully saturated rings. The molecule has 0 spiro atoms. The van der Waals surface area contributed by atoms with Crippen LogP contribution in [0.25, 0.3) is 0 Å². The Morgan fingerprint density at radius 2 is 1.75 bits per heavy atom. The number of esters is 1. The summed E-state index contributed by atoms with van der Waals surface area (Å²) in [6, 6.07) is 8.47. The number of hydrogen-bond donors (Lipinski definition) is 0. The summed E-state index contributed by atoms with van der Waals surface area (Å²) in [5.74, 6) is -1.04. The van der Waals surface area contributed by atoms with Crippen molar-refractivity contribution in [2.75, 3.05) is 0 Å². The molecule has 0 amide bonds. The summed E-state index contributed by atoms with van der Waals surface area (Å²) < 4.78 is 4.69. The maximum atomic E-state index is 10.7. The Kier molecular flexibility index (Phi) is 2.58. The highest BCUT2D eigenvalue weighted by Gasteiger charge is 2.08. The number of para-hydroxylation sites is 1. The first-order valence-corrected chi connectivity index (χ1v) is 3.48. The maximum Gasteiger partial charge on any atom is 0.379 e. The highest BCUT2D eigenvalue weighted by molar-refractivity contribution is 6.33. The van der Waals surface area contributed by atoms with Crippen LogP contribution in [-0.4, -0.2) is 11.8 Å². The molecule has 0 bridgehead atoms. The molecule has 0 atom stereocenters. The second kappa shape index (κ2) is 3.67. The highest BCUT2D eigenvalue weighted by Crippen LogP contribution is 2.08. The van der Waals surface area contributed by atoms with Crippen molar-refractivity contribution < 1.29 is 14.3 Å². The number of hydrogen-bond acceptors (Lipinski definition) is 3. The molecule has 0 radical (unpaired) electrons. The number of benzene rings is 1. The second-order valence-electron chi connectivity index (χ2n) is 2.26. The van der Waals surface area contributed by atoms with Gasteiger partial charge in [0.25, 0.3) is 0 Å². The highest BCUT2D eigenvalue weighted by atomic mass is 16.5. The largest absolute Gasteiger partial charge is 0.421 e. The van der Waals surface area contributed by atoms with Crippen LogP contribution in [0.5, 0.6) is 5.75 Å². The van der Waals surface area contributed by atoms with Crippen molar-refractivity contribution >= 4 is 11.8 Å². The Bertz CT molecular complexity index is 290. The normalized spacial score (nSPS) is 9.08. The average molecular weight is 164 g/mol. The van der Waals surface area contributed by atoms with Gasteiger partial charge in [0, 0.05) is 6.92 Å².